The number of rotatable bonds is 8. The maximum Gasteiger partial charge on any atom is 0.338 e. The van der Waals surface area contributed by atoms with Crippen LogP contribution in [0.4, 0.5) is 5.69 Å². The van der Waals surface area contributed by atoms with Gasteiger partial charge in [0.2, 0.25) is 0 Å². The summed E-state index contributed by atoms with van der Waals surface area (Å²) in [4.78, 5) is 34.3. The molecule has 0 amide bonds. The molecule has 1 aromatic heterocycles. The number of esters is 1. The Morgan fingerprint density at radius 3 is 2.43 bits per heavy atom. The number of carbonyl (C=O) groups excluding carboxylic acids is 1. The van der Waals surface area contributed by atoms with Crippen molar-refractivity contribution in [2.24, 2.45) is 4.99 Å². The van der Waals surface area contributed by atoms with Gasteiger partial charge in [0, 0.05) is 19.8 Å². The van der Waals surface area contributed by atoms with Crippen LogP contribution in [0.25, 0.3) is 16.8 Å². The standard InChI is InChI=1S/C36H33N3O4S/c1-5-42-35(41)32-23(2)37-36-39(33(32)26-15-17-28(18-16-26)38(3)4)34(40)31(44-36)21-24-13-19-29(20-14-24)43-22-27-11-8-10-25-9-6-7-12-30(25)27/h6-21,33H,5,22H2,1-4H3/b31-21-. The van der Waals surface area contributed by atoms with E-state index in [-0.39, 0.29) is 12.2 Å². The summed E-state index contributed by atoms with van der Waals surface area (Å²) in [7, 11) is 3.94. The van der Waals surface area contributed by atoms with E-state index in [9.17, 15) is 9.59 Å². The summed E-state index contributed by atoms with van der Waals surface area (Å²) in [5.41, 5.74) is 4.53. The van der Waals surface area contributed by atoms with E-state index in [1.807, 2.05) is 91.8 Å². The number of ether oxygens (including phenoxy) is 2. The van der Waals surface area contributed by atoms with Gasteiger partial charge >= 0.3 is 5.97 Å². The molecule has 2 heterocycles. The monoisotopic (exact) mass is 603 g/mol. The summed E-state index contributed by atoms with van der Waals surface area (Å²) < 4.78 is 13.7. The molecule has 1 atom stereocenters. The molecule has 6 rings (SSSR count). The predicted octanol–water partition coefficient (Wildman–Crippen LogP) is 5.60. The van der Waals surface area contributed by atoms with E-state index in [1.54, 1.807) is 18.4 Å². The average Bonchev–Trinajstić information content (AvgIpc) is 3.33. The lowest BCUT2D eigenvalue weighted by Crippen LogP contribution is -2.39. The van der Waals surface area contributed by atoms with E-state index in [0.29, 0.717) is 27.2 Å². The van der Waals surface area contributed by atoms with Crippen LogP contribution in [0, 0.1) is 0 Å². The first-order valence-electron chi connectivity index (χ1n) is 14.5. The van der Waals surface area contributed by atoms with Crippen LogP contribution in [0.2, 0.25) is 0 Å². The number of carbonyl (C=O) groups is 1. The van der Waals surface area contributed by atoms with Crippen molar-refractivity contribution in [1.29, 1.82) is 0 Å². The summed E-state index contributed by atoms with van der Waals surface area (Å²) in [6, 6.07) is 29.4. The fourth-order valence-electron chi connectivity index (χ4n) is 5.45. The second-order valence-corrected chi connectivity index (χ2v) is 11.8. The third kappa shape index (κ3) is 5.68. The zero-order valence-electron chi connectivity index (χ0n) is 25.1. The van der Waals surface area contributed by atoms with Crippen molar-refractivity contribution in [2.45, 2.75) is 26.5 Å². The second kappa shape index (κ2) is 12.3. The topological polar surface area (TPSA) is 73.1 Å². The first-order chi connectivity index (χ1) is 21.3. The molecule has 44 heavy (non-hydrogen) atoms. The molecule has 5 aromatic rings. The Balaban J connectivity index is 1.32. The summed E-state index contributed by atoms with van der Waals surface area (Å²) in [6.07, 6.45) is 1.86. The molecule has 8 heteroatoms. The maximum absolute atomic E-state index is 13.9. The number of aromatic nitrogens is 1. The average molecular weight is 604 g/mol. The number of hydrogen-bond donors (Lipinski definition) is 0. The molecule has 0 saturated carbocycles. The highest BCUT2D eigenvalue weighted by Gasteiger charge is 2.33. The van der Waals surface area contributed by atoms with E-state index in [0.717, 1.165) is 28.1 Å². The van der Waals surface area contributed by atoms with Crippen molar-refractivity contribution in [3.8, 4) is 5.75 Å². The Labute approximate surface area is 259 Å². The van der Waals surface area contributed by atoms with Crippen LogP contribution in [0.5, 0.6) is 5.75 Å². The third-order valence-electron chi connectivity index (χ3n) is 7.69. The van der Waals surface area contributed by atoms with Gasteiger partial charge in [-0.1, -0.05) is 78.1 Å². The molecular formula is C36H33N3O4S. The van der Waals surface area contributed by atoms with Gasteiger partial charge in [0.15, 0.2) is 4.80 Å². The highest BCUT2D eigenvalue weighted by Crippen LogP contribution is 2.31. The predicted molar refractivity (Wildman–Crippen MR) is 176 cm³/mol. The Morgan fingerprint density at radius 2 is 1.70 bits per heavy atom. The Hall–Kier alpha value is -4.95. The molecule has 0 radical (unpaired) electrons. The lowest BCUT2D eigenvalue weighted by molar-refractivity contribution is -0.139. The molecule has 7 nitrogen and oxygen atoms in total. The lowest BCUT2D eigenvalue weighted by atomic mass is 9.95. The van der Waals surface area contributed by atoms with Crippen molar-refractivity contribution in [3.63, 3.8) is 0 Å². The maximum atomic E-state index is 13.9. The van der Waals surface area contributed by atoms with E-state index in [2.05, 4.69) is 29.3 Å². The third-order valence-corrected chi connectivity index (χ3v) is 8.68. The van der Waals surface area contributed by atoms with Crippen molar-refractivity contribution >= 4 is 39.8 Å². The molecular weight excluding hydrogens is 570 g/mol. The zero-order valence-corrected chi connectivity index (χ0v) is 25.9. The van der Waals surface area contributed by atoms with Crippen molar-refractivity contribution in [1.82, 2.24) is 4.57 Å². The van der Waals surface area contributed by atoms with Crippen LogP contribution in [0.1, 0.15) is 36.6 Å². The van der Waals surface area contributed by atoms with Crippen molar-refractivity contribution < 1.29 is 14.3 Å². The normalized spacial score (nSPS) is 14.7. The van der Waals surface area contributed by atoms with Gasteiger partial charge in [0.25, 0.3) is 5.56 Å². The van der Waals surface area contributed by atoms with Crippen molar-refractivity contribution in [3.05, 3.63) is 139 Å². The minimum atomic E-state index is -0.645. The summed E-state index contributed by atoms with van der Waals surface area (Å²) in [5, 5.41) is 2.36. The first-order valence-corrected chi connectivity index (χ1v) is 15.3. The fraction of sp³-hybridized carbons (Fsp3) is 0.194. The molecule has 1 unspecified atom stereocenters. The van der Waals surface area contributed by atoms with Crippen LogP contribution >= 0.6 is 11.3 Å². The molecule has 0 bridgehead atoms. The van der Waals surface area contributed by atoms with Gasteiger partial charge in [-0.3, -0.25) is 9.36 Å². The van der Waals surface area contributed by atoms with E-state index in [4.69, 9.17) is 9.47 Å². The van der Waals surface area contributed by atoms with Gasteiger partial charge in [-0.05, 0) is 71.7 Å². The van der Waals surface area contributed by atoms with Gasteiger partial charge in [-0.2, -0.15) is 0 Å². The summed E-state index contributed by atoms with van der Waals surface area (Å²) in [5.74, 6) is 0.274. The molecule has 222 valence electrons. The highest BCUT2D eigenvalue weighted by atomic mass is 32.1. The van der Waals surface area contributed by atoms with Crippen LogP contribution in [-0.2, 0) is 16.1 Å². The number of nitrogens with zero attached hydrogens (tertiary/aromatic N) is 3. The number of fused-ring (bicyclic) bond motifs is 2. The minimum absolute atomic E-state index is 0.207. The van der Waals surface area contributed by atoms with Gasteiger partial charge in [0.1, 0.15) is 12.4 Å². The van der Waals surface area contributed by atoms with Crippen molar-refractivity contribution in [2.75, 3.05) is 25.6 Å². The molecule has 1 aliphatic rings. The Bertz CT molecular complexity index is 2050. The van der Waals surface area contributed by atoms with E-state index < -0.39 is 12.0 Å². The zero-order chi connectivity index (χ0) is 30.8. The molecule has 1 aliphatic heterocycles. The largest absolute Gasteiger partial charge is 0.489 e. The second-order valence-electron chi connectivity index (χ2n) is 10.8. The highest BCUT2D eigenvalue weighted by molar-refractivity contribution is 7.07. The Morgan fingerprint density at radius 1 is 0.977 bits per heavy atom. The molecule has 0 N–H and O–H groups in total. The number of thiazole rings is 1. The minimum Gasteiger partial charge on any atom is -0.489 e. The van der Waals surface area contributed by atoms with Gasteiger partial charge in [-0.25, -0.2) is 9.79 Å². The van der Waals surface area contributed by atoms with Gasteiger partial charge in [-0.15, -0.1) is 0 Å². The van der Waals surface area contributed by atoms with Crippen LogP contribution in [0.3, 0.4) is 0 Å². The summed E-state index contributed by atoms with van der Waals surface area (Å²) >= 11 is 1.31. The van der Waals surface area contributed by atoms with Crippen LogP contribution < -0.4 is 24.5 Å². The van der Waals surface area contributed by atoms with E-state index >= 15 is 0 Å². The van der Waals surface area contributed by atoms with Gasteiger partial charge < -0.3 is 14.4 Å². The molecule has 4 aromatic carbocycles. The number of benzene rings is 4. The van der Waals surface area contributed by atoms with E-state index in [1.165, 1.54) is 22.1 Å². The quantitative estimate of drug-likeness (QED) is 0.216. The van der Waals surface area contributed by atoms with Crippen LogP contribution in [0.15, 0.2) is 112 Å². The fourth-order valence-corrected chi connectivity index (χ4v) is 6.50. The Kier molecular flexibility index (Phi) is 8.17. The first kappa shape index (κ1) is 29.1. The number of hydrogen-bond acceptors (Lipinski definition) is 7. The van der Waals surface area contributed by atoms with Crippen LogP contribution in [-0.4, -0.2) is 31.2 Å². The SMILES string of the molecule is CCOC(=O)C1=C(C)N=c2s/c(=C\c3ccc(OCc4cccc5ccccc45)cc3)c(=O)n2C1c1ccc(N(C)C)cc1. The summed E-state index contributed by atoms with van der Waals surface area (Å²) in [6.45, 7) is 4.25. The smallest absolute Gasteiger partial charge is 0.338 e. The van der Waals surface area contributed by atoms with Gasteiger partial charge in [0.05, 0.1) is 28.5 Å². The molecule has 0 saturated heterocycles. The molecule has 0 spiro atoms. The molecule has 0 aliphatic carbocycles. The number of anilines is 1. The number of allylic oxidation sites excluding steroid dienone is 1. The molecule has 0 fully saturated rings. The lowest BCUT2D eigenvalue weighted by Gasteiger charge is -2.25.